The lowest BCUT2D eigenvalue weighted by Gasteiger charge is -2.10. The smallest absolute Gasteiger partial charge is 0.338 e. The minimum Gasteiger partial charge on any atom is -0.478 e. The lowest BCUT2D eigenvalue weighted by Crippen LogP contribution is -2.20. The van der Waals surface area contributed by atoms with Crippen LogP contribution in [0, 0.1) is 0 Å². The minimum atomic E-state index is -1.20. The number of rotatable bonds is 7. The third kappa shape index (κ3) is 6.67. The van der Waals surface area contributed by atoms with Crippen LogP contribution in [0.4, 0.5) is 5.69 Å². The number of anilines is 1. The molecule has 0 spiro atoms. The van der Waals surface area contributed by atoms with Gasteiger partial charge in [0.15, 0.2) is 0 Å². The van der Waals surface area contributed by atoms with Gasteiger partial charge in [-0.25, -0.2) is 9.59 Å². The maximum Gasteiger partial charge on any atom is 0.338 e. The number of nitrogens with zero attached hydrogens (tertiary/aromatic N) is 1. The summed E-state index contributed by atoms with van der Waals surface area (Å²) < 4.78 is 5.08. The second-order valence-corrected chi connectivity index (χ2v) is 4.68. The highest BCUT2D eigenvalue weighted by Gasteiger charge is 2.07. The number of ether oxygens (including phenoxy) is 1. The van der Waals surface area contributed by atoms with Gasteiger partial charge in [0.1, 0.15) is 6.61 Å². The topological polar surface area (TPSA) is 95.9 Å². The number of amides is 1. The summed E-state index contributed by atoms with van der Waals surface area (Å²) in [5, 5.41) is 10.9. The van der Waals surface area contributed by atoms with E-state index in [1.54, 1.807) is 0 Å². The third-order valence-electron chi connectivity index (χ3n) is 2.54. The van der Waals surface area contributed by atoms with E-state index in [0.29, 0.717) is 24.4 Å². The molecule has 1 aromatic rings. The number of carbonyl (C=O) groups excluding carboxylic acids is 2. The molecule has 7 heteroatoms. The Labute approximate surface area is 128 Å². The van der Waals surface area contributed by atoms with Gasteiger partial charge in [0, 0.05) is 24.4 Å². The molecule has 0 heterocycles. The molecule has 118 valence electrons. The Bertz CT molecular complexity index is 564. The van der Waals surface area contributed by atoms with Crippen LogP contribution >= 0.6 is 0 Å². The van der Waals surface area contributed by atoms with E-state index in [-0.39, 0.29) is 0 Å². The minimum absolute atomic E-state index is 0.296. The Morgan fingerprint density at radius 3 is 2.36 bits per heavy atom. The standard InChI is InChI=1S/C15H18N2O5/c1-17(2)9-10-22-15(21)11-3-5-12(6-4-11)16-13(18)7-8-14(19)20/h3-8H,9-10H2,1-2H3,(H,16,18)(H,19,20)/b8-7+. The van der Waals surface area contributed by atoms with Crippen molar-refractivity contribution in [3.8, 4) is 0 Å². The average Bonchev–Trinajstić information content (AvgIpc) is 2.45. The van der Waals surface area contributed by atoms with Crippen molar-refractivity contribution in [2.45, 2.75) is 0 Å². The third-order valence-corrected chi connectivity index (χ3v) is 2.54. The first-order chi connectivity index (χ1) is 10.4. The number of hydrogen-bond acceptors (Lipinski definition) is 5. The van der Waals surface area contributed by atoms with Crippen LogP contribution in [-0.2, 0) is 14.3 Å². The maximum absolute atomic E-state index is 11.7. The van der Waals surface area contributed by atoms with Crippen molar-refractivity contribution in [3.63, 3.8) is 0 Å². The number of hydrogen-bond donors (Lipinski definition) is 2. The van der Waals surface area contributed by atoms with E-state index in [4.69, 9.17) is 9.84 Å². The Morgan fingerprint density at radius 2 is 1.82 bits per heavy atom. The van der Waals surface area contributed by atoms with Crippen LogP contribution in [0.25, 0.3) is 0 Å². The van der Waals surface area contributed by atoms with Crippen molar-refractivity contribution in [1.29, 1.82) is 0 Å². The van der Waals surface area contributed by atoms with Crippen molar-refractivity contribution in [2.24, 2.45) is 0 Å². The molecule has 0 aliphatic heterocycles. The summed E-state index contributed by atoms with van der Waals surface area (Å²) in [6.07, 6.45) is 1.65. The summed E-state index contributed by atoms with van der Waals surface area (Å²) in [7, 11) is 3.76. The molecular formula is C15H18N2O5. The highest BCUT2D eigenvalue weighted by molar-refractivity contribution is 6.02. The zero-order valence-electron chi connectivity index (χ0n) is 12.4. The predicted molar refractivity (Wildman–Crippen MR) is 80.7 cm³/mol. The van der Waals surface area contributed by atoms with Gasteiger partial charge in [-0.1, -0.05) is 0 Å². The second kappa shape index (κ2) is 8.58. The van der Waals surface area contributed by atoms with E-state index >= 15 is 0 Å². The van der Waals surface area contributed by atoms with Gasteiger partial charge in [-0.3, -0.25) is 4.79 Å². The van der Waals surface area contributed by atoms with E-state index in [9.17, 15) is 14.4 Å². The van der Waals surface area contributed by atoms with Crippen molar-refractivity contribution >= 4 is 23.5 Å². The summed E-state index contributed by atoms with van der Waals surface area (Å²) in [5.74, 6) is -2.21. The van der Waals surface area contributed by atoms with Gasteiger partial charge in [0.05, 0.1) is 5.56 Å². The van der Waals surface area contributed by atoms with Crippen molar-refractivity contribution in [1.82, 2.24) is 4.90 Å². The number of carbonyl (C=O) groups is 3. The summed E-state index contributed by atoms with van der Waals surface area (Å²) in [5.41, 5.74) is 0.822. The first-order valence-electron chi connectivity index (χ1n) is 6.52. The predicted octanol–water partition coefficient (Wildman–Crippen LogP) is 0.984. The summed E-state index contributed by atoms with van der Waals surface area (Å²) in [4.78, 5) is 35.3. The van der Waals surface area contributed by atoms with E-state index < -0.39 is 17.8 Å². The van der Waals surface area contributed by atoms with Crippen LogP contribution in [0.2, 0.25) is 0 Å². The molecule has 22 heavy (non-hydrogen) atoms. The van der Waals surface area contributed by atoms with Crippen LogP contribution in [0.3, 0.4) is 0 Å². The number of likely N-dealkylation sites (N-methyl/N-ethyl adjacent to an activating group) is 1. The molecule has 0 radical (unpaired) electrons. The molecule has 0 aliphatic carbocycles. The SMILES string of the molecule is CN(C)CCOC(=O)c1ccc(NC(=O)/C=C/C(=O)O)cc1. The van der Waals surface area contributed by atoms with Crippen LogP contribution in [0.5, 0.6) is 0 Å². The van der Waals surface area contributed by atoms with Gasteiger partial charge in [-0.05, 0) is 38.4 Å². The molecule has 7 nitrogen and oxygen atoms in total. The molecule has 0 fully saturated rings. The Hall–Kier alpha value is -2.67. The largest absolute Gasteiger partial charge is 0.478 e. The molecule has 1 rings (SSSR count). The molecule has 0 atom stereocenters. The van der Waals surface area contributed by atoms with Crippen LogP contribution in [-0.4, -0.2) is 55.1 Å². The molecule has 0 unspecified atom stereocenters. The van der Waals surface area contributed by atoms with Gasteiger partial charge >= 0.3 is 11.9 Å². The van der Waals surface area contributed by atoms with Gasteiger partial charge in [-0.15, -0.1) is 0 Å². The highest BCUT2D eigenvalue weighted by Crippen LogP contribution is 2.10. The number of nitrogens with one attached hydrogen (secondary N) is 1. The number of aliphatic carboxylic acids is 1. The zero-order valence-corrected chi connectivity index (χ0v) is 12.4. The molecule has 0 saturated heterocycles. The summed E-state index contributed by atoms with van der Waals surface area (Å²) in [6, 6.07) is 6.12. The van der Waals surface area contributed by atoms with Gasteiger partial charge in [0.25, 0.3) is 0 Å². The van der Waals surface area contributed by atoms with E-state index in [2.05, 4.69) is 5.32 Å². The van der Waals surface area contributed by atoms with Gasteiger partial charge < -0.3 is 20.1 Å². The van der Waals surface area contributed by atoms with E-state index in [0.717, 1.165) is 12.2 Å². The molecule has 2 N–H and O–H groups in total. The highest BCUT2D eigenvalue weighted by atomic mass is 16.5. The number of carboxylic acids is 1. The first kappa shape index (κ1) is 17.4. The van der Waals surface area contributed by atoms with Crippen LogP contribution in [0.1, 0.15) is 10.4 Å². The second-order valence-electron chi connectivity index (χ2n) is 4.68. The molecule has 0 bridgehead atoms. The Kier molecular flexibility index (Phi) is 6.78. The van der Waals surface area contributed by atoms with Crippen molar-refractivity contribution in [2.75, 3.05) is 32.6 Å². The van der Waals surface area contributed by atoms with Crippen molar-refractivity contribution < 1.29 is 24.2 Å². The molecular weight excluding hydrogens is 288 g/mol. The quantitative estimate of drug-likeness (QED) is 0.576. The first-order valence-corrected chi connectivity index (χ1v) is 6.52. The number of benzene rings is 1. The molecule has 0 saturated carbocycles. The normalized spacial score (nSPS) is 10.7. The lowest BCUT2D eigenvalue weighted by atomic mass is 10.2. The number of carboxylic acid groups (broad SMARTS) is 1. The Balaban J connectivity index is 2.53. The molecule has 1 aromatic carbocycles. The fourth-order valence-corrected chi connectivity index (χ4v) is 1.42. The summed E-state index contributed by atoms with van der Waals surface area (Å²) in [6.45, 7) is 0.931. The average molecular weight is 306 g/mol. The fraction of sp³-hybridized carbons (Fsp3) is 0.267. The van der Waals surface area contributed by atoms with E-state index in [1.165, 1.54) is 24.3 Å². The molecule has 1 amide bonds. The fourth-order valence-electron chi connectivity index (χ4n) is 1.42. The number of esters is 1. The molecule has 0 aromatic heterocycles. The summed E-state index contributed by atoms with van der Waals surface area (Å²) >= 11 is 0. The maximum atomic E-state index is 11.7. The lowest BCUT2D eigenvalue weighted by molar-refractivity contribution is -0.131. The molecule has 0 aliphatic rings. The zero-order chi connectivity index (χ0) is 16.5. The van der Waals surface area contributed by atoms with Crippen LogP contribution in [0.15, 0.2) is 36.4 Å². The van der Waals surface area contributed by atoms with E-state index in [1.807, 2.05) is 19.0 Å². The van der Waals surface area contributed by atoms with Gasteiger partial charge in [0.2, 0.25) is 5.91 Å². The Morgan fingerprint density at radius 1 is 1.18 bits per heavy atom. The van der Waals surface area contributed by atoms with Gasteiger partial charge in [-0.2, -0.15) is 0 Å². The van der Waals surface area contributed by atoms with Crippen molar-refractivity contribution in [3.05, 3.63) is 42.0 Å². The monoisotopic (exact) mass is 306 g/mol. The van der Waals surface area contributed by atoms with Crippen LogP contribution < -0.4 is 5.32 Å².